The average Bonchev–Trinajstić information content (AvgIpc) is 2.89. The molecule has 1 aliphatic heterocycles. The lowest BCUT2D eigenvalue weighted by atomic mass is 10.2. The fourth-order valence-electron chi connectivity index (χ4n) is 2.28. The molecule has 0 spiro atoms. The SMILES string of the molecule is Cc1ccc(S(=O)(=O)N(C)CCCCN2CCOC2=O)cc1. The Bertz CT molecular complexity index is 613. The maximum Gasteiger partial charge on any atom is 0.409 e. The molecule has 1 fully saturated rings. The van der Waals surface area contributed by atoms with E-state index in [1.165, 1.54) is 4.31 Å². The van der Waals surface area contributed by atoms with Crippen molar-refractivity contribution in [3.05, 3.63) is 29.8 Å². The second-order valence-electron chi connectivity index (χ2n) is 5.45. The molecule has 22 heavy (non-hydrogen) atoms. The third-order valence-electron chi connectivity index (χ3n) is 3.73. The van der Waals surface area contributed by atoms with Gasteiger partial charge in [0.1, 0.15) is 6.61 Å². The van der Waals surface area contributed by atoms with Crippen molar-refractivity contribution in [2.75, 3.05) is 33.3 Å². The highest BCUT2D eigenvalue weighted by molar-refractivity contribution is 7.89. The molecular weight excluding hydrogens is 304 g/mol. The lowest BCUT2D eigenvalue weighted by molar-refractivity contribution is 0.158. The number of ether oxygens (including phenoxy) is 1. The van der Waals surface area contributed by atoms with Crippen molar-refractivity contribution in [1.82, 2.24) is 9.21 Å². The van der Waals surface area contributed by atoms with E-state index in [0.29, 0.717) is 37.6 Å². The summed E-state index contributed by atoms with van der Waals surface area (Å²) in [5.41, 5.74) is 1.03. The Morgan fingerprint density at radius 1 is 1.23 bits per heavy atom. The standard InChI is InChI=1S/C15H22N2O4S/c1-13-5-7-14(8-6-13)22(19,20)16(2)9-3-4-10-17-11-12-21-15(17)18/h5-8H,3-4,9-12H2,1-2H3. The van der Waals surface area contributed by atoms with Gasteiger partial charge in [-0.1, -0.05) is 17.7 Å². The molecule has 1 amide bonds. The first-order valence-electron chi connectivity index (χ1n) is 7.36. The van der Waals surface area contributed by atoms with E-state index >= 15 is 0 Å². The predicted octanol–water partition coefficient (Wildman–Crippen LogP) is 1.85. The molecule has 0 radical (unpaired) electrons. The predicted molar refractivity (Wildman–Crippen MR) is 83.1 cm³/mol. The van der Waals surface area contributed by atoms with E-state index in [1.54, 1.807) is 36.2 Å². The number of carbonyl (C=O) groups excluding carboxylic acids is 1. The summed E-state index contributed by atoms with van der Waals surface area (Å²) in [5, 5.41) is 0. The number of rotatable bonds is 7. The van der Waals surface area contributed by atoms with Crippen molar-refractivity contribution in [1.29, 1.82) is 0 Å². The molecule has 0 atom stereocenters. The summed E-state index contributed by atoms with van der Waals surface area (Å²) in [7, 11) is -1.86. The van der Waals surface area contributed by atoms with Crippen LogP contribution in [0.5, 0.6) is 0 Å². The van der Waals surface area contributed by atoms with Gasteiger partial charge in [0.05, 0.1) is 11.4 Å². The molecule has 1 aromatic carbocycles. The van der Waals surface area contributed by atoms with Gasteiger partial charge in [0.15, 0.2) is 0 Å². The number of cyclic esters (lactones) is 1. The van der Waals surface area contributed by atoms with Crippen molar-refractivity contribution in [2.24, 2.45) is 0 Å². The molecule has 1 heterocycles. The van der Waals surface area contributed by atoms with Gasteiger partial charge >= 0.3 is 6.09 Å². The van der Waals surface area contributed by atoms with Crippen LogP contribution in [0, 0.1) is 6.92 Å². The van der Waals surface area contributed by atoms with Gasteiger partial charge in [-0.15, -0.1) is 0 Å². The first kappa shape index (κ1) is 16.8. The van der Waals surface area contributed by atoms with Gasteiger partial charge < -0.3 is 9.64 Å². The number of nitrogens with zero attached hydrogens (tertiary/aromatic N) is 2. The van der Waals surface area contributed by atoms with Crippen LogP contribution in [0.15, 0.2) is 29.2 Å². The Hall–Kier alpha value is -1.60. The molecule has 122 valence electrons. The van der Waals surface area contributed by atoms with Crippen LogP contribution in [-0.4, -0.2) is 57.0 Å². The fraction of sp³-hybridized carbons (Fsp3) is 0.533. The number of unbranched alkanes of at least 4 members (excludes halogenated alkanes) is 1. The molecule has 0 aliphatic carbocycles. The Morgan fingerprint density at radius 2 is 1.91 bits per heavy atom. The number of hydrogen-bond acceptors (Lipinski definition) is 4. The van der Waals surface area contributed by atoms with Crippen LogP contribution in [0.25, 0.3) is 0 Å². The van der Waals surface area contributed by atoms with Gasteiger partial charge in [-0.3, -0.25) is 0 Å². The third kappa shape index (κ3) is 3.98. The summed E-state index contributed by atoms with van der Waals surface area (Å²) in [4.78, 5) is 13.2. The van der Waals surface area contributed by atoms with Gasteiger partial charge in [0.25, 0.3) is 0 Å². The molecular formula is C15H22N2O4S. The Labute approximate surface area is 131 Å². The number of benzene rings is 1. The molecule has 0 saturated carbocycles. The summed E-state index contributed by atoms with van der Waals surface area (Å²) >= 11 is 0. The lowest BCUT2D eigenvalue weighted by Crippen LogP contribution is -2.29. The van der Waals surface area contributed by atoms with E-state index in [4.69, 9.17) is 4.74 Å². The third-order valence-corrected chi connectivity index (χ3v) is 5.60. The highest BCUT2D eigenvalue weighted by Crippen LogP contribution is 2.15. The number of hydrogen-bond donors (Lipinski definition) is 0. The highest BCUT2D eigenvalue weighted by atomic mass is 32.2. The van der Waals surface area contributed by atoms with Crippen LogP contribution in [0.1, 0.15) is 18.4 Å². The van der Waals surface area contributed by atoms with Gasteiger partial charge in [-0.2, -0.15) is 0 Å². The fourth-order valence-corrected chi connectivity index (χ4v) is 3.49. The van der Waals surface area contributed by atoms with Crippen molar-refractivity contribution in [3.63, 3.8) is 0 Å². The first-order chi connectivity index (χ1) is 10.4. The minimum atomic E-state index is -3.44. The van der Waals surface area contributed by atoms with Crippen LogP contribution in [0.4, 0.5) is 4.79 Å². The second kappa shape index (κ2) is 7.11. The van der Waals surface area contributed by atoms with Crippen LogP contribution < -0.4 is 0 Å². The largest absolute Gasteiger partial charge is 0.448 e. The average molecular weight is 326 g/mol. The van der Waals surface area contributed by atoms with Crippen molar-refractivity contribution < 1.29 is 17.9 Å². The summed E-state index contributed by atoms with van der Waals surface area (Å²) in [5.74, 6) is 0. The minimum absolute atomic E-state index is 0.277. The minimum Gasteiger partial charge on any atom is -0.448 e. The zero-order valence-corrected chi connectivity index (χ0v) is 13.8. The smallest absolute Gasteiger partial charge is 0.409 e. The molecule has 0 bridgehead atoms. The van der Waals surface area contributed by atoms with Gasteiger partial charge in [-0.25, -0.2) is 17.5 Å². The van der Waals surface area contributed by atoms with E-state index in [-0.39, 0.29) is 6.09 Å². The zero-order chi connectivity index (χ0) is 16.2. The maximum atomic E-state index is 12.4. The highest BCUT2D eigenvalue weighted by Gasteiger charge is 2.22. The molecule has 0 N–H and O–H groups in total. The Morgan fingerprint density at radius 3 is 2.50 bits per heavy atom. The normalized spacial score (nSPS) is 15.4. The summed E-state index contributed by atoms with van der Waals surface area (Å²) in [6, 6.07) is 6.84. The summed E-state index contributed by atoms with van der Waals surface area (Å²) in [6.45, 7) is 4.02. The van der Waals surface area contributed by atoms with E-state index < -0.39 is 10.0 Å². The Balaban J connectivity index is 1.82. The monoisotopic (exact) mass is 326 g/mol. The zero-order valence-electron chi connectivity index (χ0n) is 13.0. The molecule has 2 rings (SSSR count). The molecule has 0 unspecified atom stereocenters. The van der Waals surface area contributed by atoms with Gasteiger partial charge in [0, 0.05) is 20.1 Å². The quantitative estimate of drug-likeness (QED) is 0.717. The molecule has 7 heteroatoms. The number of sulfonamides is 1. The van der Waals surface area contributed by atoms with E-state index in [2.05, 4.69) is 0 Å². The van der Waals surface area contributed by atoms with Gasteiger partial charge in [-0.05, 0) is 31.9 Å². The van der Waals surface area contributed by atoms with E-state index in [9.17, 15) is 13.2 Å². The van der Waals surface area contributed by atoms with Crippen molar-refractivity contribution >= 4 is 16.1 Å². The maximum absolute atomic E-state index is 12.4. The number of carbonyl (C=O) groups is 1. The summed E-state index contributed by atoms with van der Waals surface area (Å²) < 4.78 is 31.0. The first-order valence-corrected chi connectivity index (χ1v) is 8.80. The van der Waals surface area contributed by atoms with Crippen LogP contribution in [-0.2, 0) is 14.8 Å². The van der Waals surface area contributed by atoms with Gasteiger partial charge in [0.2, 0.25) is 10.0 Å². The summed E-state index contributed by atoms with van der Waals surface area (Å²) in [6.07, 6.45) is 1.18. The molecule has 6 nitrogen and oxygen atoms in total. The van der Waals surface area contributed by atoms with E-state index in [1.807, 2.05) is 6.92 Å². The Kier molecular flexibility index (Phi) is 5.42. The number of aryl methyl sites for hydroxylation is 1. The van der Waals surface area contributed by atoms with Crippen LogP contribution in [0.3, 0.4) is 0 Å². The van der Waals surface area contributed by atoms with Crippen LogP contribution >= 0.6 is 0 Å². The molecule has 1 saturated heterocycles. The molecule has 0 aromatic heterocycles. The van der Waals surface area contributed by atoms with Crippen LogP contribution in [0.2, 0.25) is 0 Å². The second-order valence-corrected chi connectivity index (χ2v) is 7.49. The number of amides is 1. The van der Waals surface area contributed by atoms with E-state index in [0.717, 1.165) is 12.0 Å². The topological polar surface area (TPSA) is 66.9 Å². The molecule has 1 aliphatic rings. The molecule has 1 aromatic rings. The lowest BCUT2D eigenvalue weighted by Gasteiger charge is -2.18. The van der Waals surface area contributed by atoms with Crippen molar-refractivity contribution in [2.45, 2.75) is 24.7 Å². The van der Waals surface area contributed by atoms with Crippen molar-refractivity contribution in [3.8, 4) is 0 Å².